The Labute approximate surface area is 183 Å². The van der Waals surface area contributed by atoms with Crippen LogP contribution in [0.3, 0.4) is 0 Å². The average molecular weight is 423 g/mol. The number of benzene rings is 2. The van der Waals surface area contributed by atoms with Gasteiger partial charge in [-0.25, -0.2) is 9.59 Å². The molecule has 2 aromatic carbocycles. The summed E-state index contributed by atoms with van der Waals surface area (Å²) in [6, 6.07) is 16.4. The number of carbonyl (C=O) groups excluding carboxylic acids is 1. The molecular formula is C24H30N4O3. The van der Waals surface area contributed by atoms with Crippen LogP contribution < -0.4 is 10.2 Å². The van der Waals surface area contributed by atoms with Crippen molar-refractivity contribution in [1.29, 1.82) is 0 Å². The van der Waals surface area contributed by atoms with Crippen molar-refractivity contribution in [3.05, 3.63) is 59.7 Å². The van der Waals surface area contributed by atoms with Gasteiger partial charge in [0.05, 0.1) is 11.4 Å². The number of hydrogen-bond acceptors (Lipinski definition) is 3. The predicted molar refractivity (Wildman–Crippen MR) is 122 cm³/mol. The number of hydrogen-bond donors (Lipinski definition) is 2. The summed E-state index contributed by atoms with van der Waals surface area (Å²) in [4.78, 5) is 29.6. The fraction of sp³-hybridized carbons (Fsp3) is 0.417. The minimum absolute atomic E-state index is 0.0704. The molecule has 0 spiro atoms. The van der Waals surface area contributed by atoms with E-state index in [0.29, 0.717) is 32.1 Å². The third kappa shape index (κ3) is 4.93. The number of nitrogens with one attached hydrogen (secondary N) is 1. The van der Waals surface area contributed by atoms with Gasteiger partial charge in [0, 0.05) is 39.3 Å². The molecule has 0 radical (unpaired) electrons. The molecule has 2 aliphatic heterocycles. The molecule has 0 bridgehead atoms. The van der Waals surface area contributed by atoms with Crippen LogP contribution in [0.1, 0.15) is 29.9 Å². The standard InChI is InChI=1S/C24H30N4O3/c1-18-6-8-19(9-7-18)20-10-12-27(13-11-20)23(29)25-21-4-2-3-5-22(21)26-14-16-28(17-15-26)24(30)31/h2-9,20H,10-17H2,1H3,(H,25,29)(H,30,31). The highest BCUT2D eigenvalue weighted by Crippen LogP contribution is 2.30. The van der Waals surface area contributed by atoms with E-state index in [2.05, 4.69) is 41.4 Å². The minimum atomic E-state index is -0.879. The van der Waals surface area contributed by atoms with Gasteiger partial charge in [0.25, 0.3) is 0 Å². The molecule has 0 unspecified atom stereocenters. The van der Waals surface area contributed by atoms with Gasteiger partial charge in [0.2, 0.25) is 0 Å². The molecule has 2 aromatic rings. The molecule has 7 heteroatoms. The van der Waals surface area contributed by atoms with Crippen molar-refractivity contribution in [2.45, 2.75) is 25.7 Å². The summed E-state index contributed by atoms with van der Waals surface area (Å²) in [5.41, 5.74) is 4.34. The molecule has 0 atom stereocenters. The highest BCUT2D eigenvalue weighted by Gasteiger charge is 2.26. The number of rotatable bonds is 3. The first-order valence-corrected chi connectivity index (χ1v) is 11.0. The normalized spacial score (nSPS) is 17.5. The highest BCUT2D eigenvalue weighted by atomic mass is 16.4. The van der Waals surface area contributed by atoms with Crippen LogP contribution in [0.4, 0.5) is 21.0 Å². The fourth-order valence-electron chi connectivity index (χ4n) is 4.44. The molecule has 3 amide bonds. The lowest BCUT2D eigenvalue weighted by atomic mass is 9.89. The molecule has 2 saturated heterocycles. The zero-order valence-corrected chi connectivity index (χ0v) is 18.0. The van der Waals surface area contributed by atoms with Crippen LogP contribution in [0.2, 0.25) is 0 Å². The summed E-state index contributed by atoms with van der Waals surface area (Å²) in [5.74, 6) is 0.502. The first-order chi connectivity index (χ1) is 15.0. The predicted octanol–water partition coefficient (Wildman–Crippen LogP) is 4.21. The molecule has 4 rings (SSSR count). The van der Waals surface area contributed by atoms with Gasteiger partial charge >= 0.3 is 12.1 Å². The van der Waals surface area contributed by atoms with E-state index in [9.17, 15) is 9.59 Å². The molecule has 164 valence electrons. The van der Waals surface area contributed by atoms with E-state index >= 15 is 0 Å². The van der Waals surface area contributed by atoms with Crippen molar-refractivity contribution in [3.8, 4) is 0 Å². The number of urea groups is 1. The van der Waals surface area contributed by atoms with Gasteiger partial charge in [-0.1, -0.05) is 42.0 Å². The van der Waals surface area contributed by atoms with Crippen LogP contribution in [0.25, 0.3) is 0 Å². The van der Waals surface area contributed by atoms with E-state index in [-0.39, 0.29) is 6.03 Å². The Bertz CT molecular complexity index is 915. The van der Waals surface area contributed by atoms with E-state index in [0.717, 1.165) is 37.3 Å². The lowest BCUT2D eigenvalue weighted by Crippen LogP contribution is -2.48. The molecule has 2 aliphatic rings. The minimum Gasteiger partial charge on any atom is -0.465 e. The first-order valence-electron chi connectivity index (χ1n) is 11.0. The number of aryl methyl sites for hydroxylation is 1. The summed E-state index contributed by atoms with van der Waals surface area (Å²) in [7, 11) is 0. The number of carboxylic acid groups (broad SMARTS) is 1. The summed E-state index contributed by atoms with van der Waals surface area (Å²) >= 11 is 0. The van der Waals surface area contributed by atoms with Gasteiger partial charge in [0.15, 0.2) is 0 Å². The molecule has 0 saturated carbocycles. The maximum absolute atomic E-state index is 12.9. The summed E-state index contributed by atoms with van der Waals surface area (Å²) in [5, 5.41) is 12.3. The third-order valence-electron chi connectivity index (χ3n) is 6.37. The third-order valence-corrected chi connectivity index (χ3v) is 6.37. The number of anilines is 2. The number of nitrogens with zero attached hydrogens (tertiary/aromatic N) is 3. The second-order valence-corrected chi connectivity index (χ2v) is 8.38. The molecule has 2 heterocycles. The van der Waals surface area contributed by atoms with Gasteiger partial charge < -0.3 is 25.1 Å². The van der Waals surface area contributed by atoms with E-state index in [1.807, 2.05) is 29.2 Å². The Morgan fingerprint density at radius 2 is 1.52 bits per heavy atom. The van der Waals surface area contributed by atoms with E-state index < -0.39 is 6.09 Å². The number of piperazine rings is 1. The number of likely N-dealkylation sites (tertiary alicyclic amines) is 1. The Morgan fingerprint density at radius 1 is 0.871 bits per heavy atom. The van der Waals surface area contributed by atoms with Gasteiger partial charge in [-0.2, -0.15) is 0 Å². The topological polar surface area (TPSA) is 76.1 Å². The second kappa shape index (κ2) is 9.29. The van der Waals surface area contributed by atoms with Crippen molar-refractivity contribution in [2.24, 2.45) is 0 Å². The summed E-state index contributed by atoms with van der Waals surface area (Å²) in [6.45, 7) is 5.73. The van der Waals surface area contributed by atoms with Crippen LogP contribution in [0.15, 0.2) is 48.5 Å². The molecule has 7 nitrogen and oxygen atoms in total. The number of para-hydroxylation sites is 2. The number of amides is 3. The fourth-order valence-corrected chi connectivity index (χ4v) is 4.44. The monoisotopic (exact) mass is 422 g/mol. The Morgan fingerprint density at radius 3 is 2.16 bits per heavy atom. The van der Waals surface area contributed by atoms with Crippen molar-refractivity contribution in [1.82, 2.24) is 9.80 Å². The van der Waals surface area contributed by atoms with Crippen molar-refractivity contribution in [2.75, 3.05) is 49.5 Å². The maximum atomic E-state index is 12.9. The van der Waals surface area contributed by atoms with Gasteiger partial charge in [-0.3, -0.25) is 0 Å². The molecule has 31 heavy (non-hydrogen) atoms. The molecule has 0 aromatic heterocycles. The molecule has 0 aliphatic carbocycles. The number of carbonyl (C=O) groups is 2. The van der Waals surface area contributed by atoms with Crippen LogP contribution >= 0.6 is 0 Å². The summed E-state index contributed by atoms with van der Waals surface area (Å²) < 4.78 is 0. The van der Waals surface area contributed by atoms with Crippen molar-refractivity contribution in [3.63, 3.8) is 0 Å². The number of piperidine rings is 1. The van der Waals surface area contributed by atoms with Gasteiger partial charge in [0.1, 0.15) is 0 Å². The van der Waals surface area contributed by atoms with E-state index in [1.165, 1.54) is 16.0 Å². The zero-order valence-electron chi connectivity index (χ0n) is 18.0. The van der Waals surface area contributed by atoms with Crippen LogP contribution in [-0.4, -0.2) is 66.3 Å². The van der Waals surface area contributed by atoms with Gasteiger partial charge in [-0.05, 0) is 43.4 Å². The van der Waals surface area contributed by atoms with E-state index in [1.54, 1.807) is 0 Å². The lowest BCUT2D eigenvalue weighted by molar-refractivity contribution is 0.142. The summed E-state index contributed by atoms with van der Waals surface area (Å²) in [6.07, 6.45) is 1.06. The van der Waals surface area contributed by atoms with Crippen molar-refractivity contribution >= 4 is 23.5 Å². The largest absolute Gasteiger partial charge is 0.465 e. The second-order valence-electron chi connectivity index (χ2n) is 8.38. The quantitative estimate of drug-likeness (QED) is 0.777. The van der Waals surface area contributed by atoms with Crippen LogP contribution in [-0.2, 0) is 0 Å². The maximum Gasteiger partial charge on any atom is 0.407 e. The van der Waals surface area contributed by atoms with Crippen LogP contribution in [0.5, 0.6) is 0 Å². The highest BCUT2D eigenvalue weighted by molar-refractivity contribution is 5.93. The van der Waals surface area contributed by atoms with E-state index in [4.69, 9.17) is 5.11 Å². The Balaban J connectivity index is 1.35. The first kappa shape index (κ1) is 21.0. The Kier molecular flexibility index (Phi) is 6.30. The van der Waals surface area contributed by atoms with Gasteiger partial charge in [-0.15, -0.1) is 0 Å². The molecule has 2 N–H and O–H groups in total. The molecule has 2 fully saturated rings. The van der Waals surface area contributed by atoms with Crippen LogP contribution in [0, 0.1) is 6.92 Å². The zero-order chi connectivity index (χ0) is 21.8. The Hall–Kier alpha value is -3.22. The average Bonchev–Trinajstić information content (AvgIpc) is 2.80. The molecular weight excluding hydrogens is 392 g/mol. The smallest absolute Gasteiger partial charge is 0.407 e. The van der Waals surface area contributed by atoms with Crippen molar-refractivity contribution < 1.29 is 14.7 Å². The SMILES string of the molecule is Cc1ccc(C2CCN(C(=O)Nc3ccccc3N3CCN(C(=O)O)CC3)CC2)cc1. The lowest BCUT2D eigenvalue weighted by Gasteiger charge is -2.36.